The van der Waals surface area contributed by atoms with Gasteiger partial charge in [-0.05, 0) is 12.8 Å². The standard InChI is InChI=1S/C14H24O10/c15-3-13(4-16,5-17)1-9(11(21)22)10(12(23)24)2-14(6-18,7-19)8-20/h15-20H,1-8H2,(H,21,22)(H,23,24)/b10-9-. The Labute approximate surface area is 137 Å². The van der Waals surface area contributed by atoms with Gasteiger partial charge in [0, 0.05) is 22.0 Å². The first-order valence-corrected chi connectivity index (χ1v) is 7.04. The molecule has 10 heteroatoms. The van der Waals surface area contributed by atoms with Crippen LogP contribution in [-0.4, -0.2) is 92.4 Å². The summed E-state index contributed by atoms with van der Waals surface area (Å²) < 4.78 is 0. The summed E-state index contributed by atoms with van der Waals surface area (Å²) in [6.07, 6.45) is -1.32. The van der Waals surface area contributed by atoms with E-state index in [0.29, 0.717) is 0 Å². The van der Waals surface area contributed by atoms with Crippen LogP contribution < -0.4 is 0 Å². The first-order valence-electron chi connectivity index (χ1n) is 7.04. The van der Waals surface area contributed by atoms with Crippen LogP contribution in [0, 0.1) is 10.8 Å². The van der Waals surface area contributed by atoms with Crippen molar-refractivity contribution < 1.29 is 50.4 Å². The third kappa shape index (κ3) is 5.23. The number of aliphatic carboxylic acids is 2. The molecule has 0 aliphatic carbocycles. The molecule has 24 heavy (non-hydrogen) atoms. The van der Waals surface area contributed by atoms with Gasteiger partial charge >= 0.3 is 11.9 Å². The van der Waals surface area contributed by atoms with Gasteiger partial charge in [0.2, 0.25) is 0 Å². The summed E-state index contributed by atoms with van der Waals surface area (Å²) >= 11 is 0. The SMILES string of the molecule is O=C(O)/C(CC(CO)(CO)CO)=C(/CC(CO)(CO)CO)C(=O)O. The maximum atomic E-state index is 11.5. The second-order valence-corrected chi connectivity index (χ2v) is 5.87. The van der Waals surface area contributed by atoms with Gasteiger partial charge in [-0.15, -0.1) is 0 Å². The number of carboxylic acid groups (broad SMARTS) is 2. The second kappa shape index (κ2) is 9.67. The molecule has 0 saturated carbocycles. The average Bonchev–Trinajstić information content (AvgIpc) is 2.59. The lowest BCUT2D eigenvalue weighted by atomic mass is 9.78. The van der Waals surface area contributed by atoms with E-state index < -0.39 is 86.4 Å². The molecule has 0 spiro atoms. The van der Waals surface area contributed by atoms with Gasteiger partial charge in [0.05, 0.1) is 39.6 Å². The molecule has 0 aliphatic rings. The highest BCUT2D eigenvalue weighted by Crippen LogP contribution is 2.32. The molecular weight excluding hydrogens is 328 g/mol. The zero-order chi connectivity index (χ0) is 19.0. The van der Waals surface area contributed by atoms with E-state index >= 15 is 0 Å². The van der Waals surface area contributed by atoms with Crippen LogP contribution in [0.5, 0.6) is 0 Å². The van der Waals surface area contributed by atoms with Gasteiger partial charge < -0.3 is 40.9 Å². The Morgan fingerprint density at radius 1 is 0.542 bits per heavy atom. The van der Waals surface area contributed by atoms with Gasteiger partial charge in [-0.3, -0.25) is 0 Å². The lowest BCUT2D eigenvalue weighted by Gasteiger charge is -2.31. The highest BCUT2D eigenvalue weighted by atomic mass is 16.4. The quantitative estimate of drug-likeness (QED) is 0.169. The fourth-order valence-corrected chi connectivity index (χ4v) is 2.01. The topological polar surface area (TPSA) is 196 Å². The third-order valence-electron chi connectivity index (χ3n) is 4.00. The predicted octanol–water partition coefficient (Wildman–Crippen LogP) is -2.84. The smallest absolute Gasteiger partial charge is 0.332 e. The predicted molar refractivity (Wildman–Crippen MR) is 78.9 cm³/mol. The molecule has 0 rings (SSSR count). The monoisotopic (exact) mass is 352 g/mol. The molecule has 8 N–H and O–H groups in total. The highest BCUT2D eigenvalue weighted by Gasteiger charge is 2.37. The maximum Gasteiger partial charge on any atom is 0.332 e. The summed E-state index contributed by atoms with van der Waals surface area (Å²) in [7, 11) is 0. The minimum Gasteiger partial charge on any atom is -0.478 e. The Morgan fingerprint density at radius 3 is 0.875 bits per heavy atom. The Morgan fingerprint density at radius 2 is 0.750 bits per heavy atom. The lowest BCUT2D eigenvalue weighted by molar-refractivity contribution is -0.137. The molecule has 140 valence electrons. The van der Waals surface area contributed by atoms with Crippen LogP contribution >= 0.6 is 0 Å². The van der Waals surface area contributed by atoms with Gasteiger partial charge in [0.15, 0.2) is 0 Å². The Kier molecular flexibility index (Phi) is 9.04. The number of rotatable bonds is 12. The Bertz CT molecular complexity index is 404. The summed E-state index contributed by atoms with van der Waals surface area (Å²) in [6.45, 7) is -4.78. The fourth-order valence-electron chi connectivity index (χ4n) is 2.01. The van der Waals surface area contributed by atoms with Crippen molar-refractivity contribution in [1.82, 2.24) is 0 Å². The molecule has 0 aromatic carbocycles. The highest BCUT2D eigenvalue weighted by molar-refractivity contribution is 5.99. The molecule has 0 aliphatic heterocycles. The van der Waals surface area contributed by atoms with E-state index in [-0.39, 0.29) is 0 Å². The molecule has 0 aromatic rings. The first-order chi connectivity index (χ1) is 11.2. The summed E-state index contributed by atoms with van der Waals surface area (Å²) in [6, 6.07) is 0. The van der Waals surface area contributed by atoms with Gasteiger partial charge in [-0.2, -0.15) is 0 Å². The molecule has 0 aromatic heterocycles. The van der Waals surface area contributed by atoms with E-state index in [9.17, 15) is 50.4 Å². The molecule has 0 heterocycles. The number of hydrogen-bond donors (Lipinski definition) is 8. The van der Waals surface area contributed by atoms with Crippen molar-refractivity contribution in [2.45, 2.75) is 12.8 Å². The number of hydrogen-bond acceptors (Lipinski definition) is 8. The van der Waals surface area contributed by atoms with E-state index in [4.69, 9.17) is 0 Å². The van der Waals surface area contributed by atoms with Crippen LogP contribution in [-0.2, 0) is 9.59 Å². The number of carbonyl (C=O) groups is 2. The van der Waals surface area contributed by atoms with Crippen LogP contribution in [0.15, 0.2) is 11.1 Å². The summed E-state index contributed by atoms with van der Waals surface area (Å²) in [5.41, 5.74) is -4.73. The number of carboxylic acids is 2. The van der Waals surface area contributed by atoms with Crippen molar-refractivity contribution in [3.63, 3.8) is 0 Å². The van der Waals surface area contributed by atoms with Crippen LogP contribution in [0.2, 0.25) is 0 Å². The van der Waals surface area contributed by atoms with Crippen molar-refractivity contribution in [2.24, 2.45) is 10.8 Å². The average molecular weight is 352 g/mol. The van der Waals surface area contributed by atoms with Gasteiger partial charge in [0.25, 0.3) is 0 Å². The lowest BCUT2D eigenvalue weighted by Crippen LogP contribution is -2.38. The molecule has 0 fully saturated rings. The zero-order valence-electron chi connectivity index (χ0n) is 13.1. The molecule has 0 bridgehead atoms. The molecule has 10 nitrogen and oxygen atoms in total. The number of aliphatic hydroxyl groups excluding tert-OH is 6. The largest absolute Gasteiger partial charge is 0.478 e. The van der Waals surface area contributed by atoms with Crippen molar-refractivity contribution >= 4 is 11.9 Å². The molecule has 0 radical (unpaired) electrons. The molecule has 0 saturated heterocycles. The summed E-state index contributed by atoms with van der Waals surface area (Å²) in [5.74, 6) is -3.32. The van der Waals surface area contributed by atoms with Gasteiger partial charge in [-0.1, -0.05) is 0 Å². The number of aliphatic hydroxyl groups is 6. The Hall–Kier alpha value is -1.56. The van der Waals surface area contributed by atoms with E-state index in [1.165, 1.54) is 0 Å². The summed E-state index contributed by atoms with van der Waals surface area (Å²) in [4.78, 5) is 22.9. The van der Waals surface area contributed by atoms with Crippen LogP contribution in [0.1, 0.15) is 12.8 Å². The fraction of sp³-hybridized carbons (Fsp3) is 0.714. The Balaban J connectivity index is 6.10. The zero-order valence-corrected chi connectivity index (χ0v) is 13.1. The minimum atomic E-state index is -1.66. The van der Waals surface area contributed by atoms with Gasteiger partial charge in [-0.25, -0.2) is 9.59 Å². The normalized spacial score (nSPS) is 13.6. The van der Waals surface area contributed by atoms with Crippen molar-refractivity contribution in [3.8, 4) is 0 Å². The van der Waals surface area contributed by atoms with Crippen LogP contribution in [0.3, 0.4) is 0 Å². The van der Waals surface area contributed by atoms with Crippen molar-refractivity contribution in [1.29, 1.82) is 0 Å². The molecule has 0 amide bonds. The summed E-state index contributed by atoms with van der Waals surface area (Å²) in [5, 5.41) is 74.4. The van der Waals surface area contributed by atoms with E-state index in [1.807, 2.05) is 0 Å². The first kappa shape index (κ1) is 22.4. The van der Waals surface area contributed by atoms with Crippen molar-refractivity contribution in [3.05, 3.63) is 11.1 Å². The molecule has 0 atom stereocenters. The van der Waals surface area contributed by atoms with Crippen LogP contribution in [0.4, 0.5) is 0 Å². The third-order valence-corrected chi connectivity index (χ3v) is 4.00. The van der Waals surface area contributed by atoms with Crippen molar-refractivity contribution in [2.75, 3.05) is 39.6 Å². The van der Waals surface area contributed by atoms with Gasteiger partial charge in [0.1, 0.15) is 0 Å². The molecular formula is C14H24O10. The second-order valence-electron chi connectivity index (χ2n) is 5.87. The van der Waals surface area contributed by atoms with E-state index in [1.54, 1.807) is 0 Å². The van der Waals surface area contributed by atoms with E-state index in [2.05, 4.69) is 0 Å². The minimum absolute atomic E-state index is 0.661. The molecule has 0 unspecified atom stereocenters. The van der Waals surface area contributed by atoms with Crippen LogP contribution in [0.25, 0.3) is 0 Å². The maximum absolute atomic E-state index is 11.5. The van der Waals surface area contributed by atoms with E-state index in [0.717, 1.165) is 0 Å².